The van der Waals surface area contributed by atoms with Crippen molar-refractivity contribution in [3.05, 3.63) is 69.5 Å². The first-order valence-electron chi connectivity index (χ1n) is 4.97. The Morgan fingerprint density at radius 2 is 1.71 bits per heavy atom. The molecule has 0 aliphatic rings. The molecular formula is C13H9Cl2FO. The highest BCUT2D eigenvalue weighted by Gasteiger charge is 2.17. The van der Waals surface area contributed by atoms with Gasteiger partial charge in [-0.05, 0) is 17.7 Å². The van der Waals surface area contributed by atoms with Crippen molar-refractivity contribution in [3.8, 4) is 0 Å². The average molecular weight is 271 g/mol. The van der Waals surface area contributed by atoms with Crippen LogP contribution in [0.1, 0.15) is 17.2 Å². The molecule has 0 aliphatic carbocycles. The Hall–Kier alpha value is -1.09. The molecule has 0 heterocycles. The zero-order chi connectivity index (χ0) is 12.4. The Morgan fingerprint density at radius 3 is 2.35 bits per heavy atom. The molecule has 2 rings (SSSR count). The summed E-state index contributed by atoms with van der Waals surface area (Å²) in [5.41, 5.74) is 0.902. The van der Waals surface area contributed by atoms with Gasteiger partial charge in [-0.2, -0.15) is 0 Å². The van der Waals surface area contributed by atoms with Crippen LogP contribution in [0.3, 0.4) is 0 Å². The molecule has 0 aromatic heterocycles. The smallest absolute Gasteiger partial charge is 0.143 e. The van der Waals surface area contributed by atoms with Crippen molar-refractivity contribution in [2.75, 3.05) is 0 Å². The Kier molecular flexibility index (Phi) is 3.67. The van der Waals surface area contributed by atoms with Gasteiger partial charge in [-0.3, -0.25) is 0 Å². The molecule has 1 unspecified atom stereocenters. The van der Waals surface area contributed by atoms with E-state index in [-0.39, 0.29) is 15.6 Å². The van der Waals surface area contributed by atoms with E-state index in [2.05, 4.69) is 0 Å². The van der Waals surface area contributed by atoms with Crippen LogP contribution in [-0.2, 0) is 0 Å². The third-order valence-electron chi connectivity index (χ3n) is 2.43. The van der Waals surface area contributed by atoms with E-state index in [1.807, 2.05) is 6.07 Å². The standard InChI is InChI=1S/C13H9Cl2FO/c14-9-6-10(12(15)11(16)7-9)13(17)8-4-2-1-3-5-8/h1-7,13,17H. The molecule has 17 heavy (non-hydrogen) atoms. The van der Waals surface area contributed by atoms with Crippen LogP contribution in [-0.4, -0.2) is 5.11 Å². The van der Waals surface area contributed by atoms with Crippen LogP contribution in [0, 0.1) is 5.82 Å². The van der Waals surface area contributed by atoms with E-state index < -0.39 is 11.9 Å². The Bertz CT molecular complexity index is 528. The van der Waals surface area contributed by atoms with Gasteiger partial charge in [0.25, 0.3) is 0 Å². The maximum atomic E-state index is 13.4. The van der Waals surface area contributed by atoms with Crippen LogP contribution in [0.15, 0.2) is 42.5 Å². The van der Waals surface area contributed by atoms with E-state index in [4.69, 9.17) is 23.2 Å². The third-order valence-corrected chi connectivity index (χ3v) is 3.05. The van der Waals surface area contributed by atoms with Crippen molar-refractivity contribution in [1.29, 1.82) is 0 Å². The molecule has 2 aromatic rings. The van der Waals surface area contributed by atoms with Gasteiger partial charge in [0.05, 0.1) is 5.02 Å². The van der Waals surface area contributed by atoms with Crippen molar-refractivity contribution in [3.63, 3.8) is 0 Å². The topological polar surface area (TPSA) is 20.2 Å². The Morgan fingerprint density at radius 1 is 1.06 bits per heavy atom. The summed E-state index contributed by atoms with van der Waals surface area (Å²) in [4.78, 5) is 0. The van der Waals surface area contributed by atoms with Crippen LogP contribution in [0.5, 0.6) is 0 Å². The number of rotatable bonds is 2. The number of hydrogen-bond donors (Lipinski definition) is 1. The van der Waals surface area contributed by atoms with E-state index in [0.717, 1.165) is 6.07 Å². The van der Waals surface area contributed by atoms with Crippen molar-refractivity contribution < 1.29 is 9.50 Å². The summed E-state index contributed by atoms with van der Waals surface area (Å²) in [5.74, 6) is -0.635. The lowest BCUT2D eigenvalue weighted by atomic mass is 10.0. The van der Waals surface area contributed by atoms with Crippen molar-refractivity contribution in [1.82, 2.24) is 0 Å². The molecule has 0 aliphatic heterocycles. The molecule has 0 bridgehead atoms. The minimum atomic E-state index is -0.989. The average Bonchev–Trinajstić information content (AvgIpc) is 2.34. The van der Waals surface area contributed by atoms with Crippen LogP contribution < -0.4 is 0 Å². The minimum absolute atomic E-state index is 0.106. The SMILES string of the molecule is OC(c1ccccc1)c1cc(Cl)cc(F)c1Cl. The van der Waals surface area contributed by atoms with Gasteiger partial charge in [0.2, 0.25) is 0 Å². The predicted molar refractivity (Wildman–Crippen MR) is 66.9 cm³/mol. The molecular weight excluding hydrogens is 262 g/mol. The molecule has 0 fully saturated rings. The second kappa shape index (κ2) is 5.05. The molecule has 0 spiro atoms. The number of benzene rings is 2. The fourth-order valence-electron chi connectivity index (χ4n) is 1.59. The first kappa shape index (κ1) is 12.4. The Labute approximate surface area is 108 Å². The fourth-order valence-corrected chi connectivity index (χ4v) is 2.02. The number of halogens is 3. The highest BCUT2D eigenvalue weighted by Crippen LogP contribution is 2.32. The molecule has 0 saturated heterocycles. The Balaban J connectivity index is 2.48. The zero-order valence-electron chi connectivity index (χ0n) is 8.70. The quantitative estimate of drug-likeness (QED) is 0.811. The van der Waals surface area contributed by atoms with E-state index in [1.54, 1.807) is 24.3 Å². The summed E-state index contributed by atoms with van der Waals surface area (Å²) in [7, 11) is 0. The molecule has 0 radical (unpaired) electrons. The molecule has 88 valence electrons. The van der Waals surface area contributed by atoms with Crippen molar-refractivity contribution in [2.45, 2.75) is 6.10 Å². The number of aliphatic hydroxyl groups is 1. The molecule has 1 nitrogen and oxygen atoms in total. The monoisotopic (exact) mass is 270 g/mol. The lowest BCUT2D eigenvalue weighted by molar-refractivity contribution is 0.220. The highest BCUT2D eigenvalue weighted by molar-refractivity contribution is 6.33. The van der Waals surface area contributed by atoms with Crippen molar-refractivity contribution >= 4 is 23.2 Å². The first-order chi connectivity index (χ1) is 8.09. The maximum absolute atomic E-state index is 13.4. The molecule has 1 atom stereocenters. The normalized spacial score (nSPS) is 12.5. The minimum Gasteiger partial charge on any atom is -0.384 e. The van der Waals surface area contributed by atoms with Gasteiger partial charge in [-0.15, -0.1) is 0 Å². The van der Waals surface area contributed by atoms with Gasteiger partial charge in [0.15, 0.2) is 0 Å². The van der Waals surface area contributed by atoms with Crippen LogP contribution in [0.25, 0.3) is 0 Å². The number of hydrogen-bond acceptors (Lipinski definition) is 1. The summed E-state index contributed by atoms with van der Waals surface area (Å²) in [6, 6.07) is 11.5. The van der Waals surface area contributed by atoms with Gasteiger partial charge in [0, 0.05) is 10.6 Å². The summed E-state index contributed by atoms with van der Waals surface area (Å²) >= 11 is 11.6. The van der Waals surface area contributed by atoms with E-state index in [0.29, 0.717) is 5.56 Å². The largest absolute Gasteiger partial charge is 0.384 e. The summed E-state index contributed by atoms with van der Waals surface area (Å²) < 4.78 is 13.4. The number of aliphatic hydroxyl groups excluding tert-OH is 1. The summed E-state index contributed by atoms with van der Waals surface area (Å²) in [5, 5.41) is 10.2. The van der Waals surface area contributed by atoms with Gasteiger partial charge < -0.3 is 5.11 Å². The molecule has 0 saturated carbocycles. The lowest BCUT2D eigenvalue weighted by Crippen LogP contribution is -2.01. The third kappa shape index (κ3) is 2.60. The second-order valence-electron chi connectivity index (χ2n) is 3.60. The molecule has 4 heteroatoms. The molecule has 0 amide bonds. The molecule has 1 N–H and O–H groups in total. The zero-order valence-corrected chi connectivity index (χ0v) is 10.2. The van der Waals surface area contributed by atoms with E-state index >= 15 is 0 Å². The predicted octanol–water partition coefficient (Wildman–Crippen LogP) is 4.21. The fraction of sp³-hybridized carbons (Fsp3) is 0.0769. The van der Waals surface area contributed by atoms with Gasteiger partial charge in [0.1, 0.15) is 11.9 Å². The second-order valence-corrected chi connectivity index (χ2v) is 4.42. The van der Waals surface area contributed by atoms with Gasteiger partial charge >= 0.3 is 0 Å². The van der Waals surface area contributed by atoms with Crippen LogP contribution in [0.2, 0.25) is 10.0 Å². The van der Waals surface area contributed by atoms with Gasteiger partial charge in [-0.1, -0.05) is 53.5 Å². The maximum Gasteiger partial charge on any atom is 0.143 e. The molecule has 2 aromatic carbocycles. The van der Waals surface area contributed by atoms with E-state index in [9.17, 15) is 9.50 Å². The highest BCUT2D eigenvalue weighted by atomic mass is 35.5. The van der Waals surface area contributed by atoms with Crippen LogP contribution in [0.4, 0.5) is 4.39 Å². The summed E-state index contributed by atoms with van der Waals surface area (Å²) in [6.07, 6.45) is -0.989. The first-order valence-corrected chi connectivity index (χ1v) is 5.72. The summed E-state index contributed by atoms with van der Waals surface area (Å²) in [6.45, 7) is 0. The lowest BCUT2D eigenvalue weighted by Gasteiger charge is -2.13. The van der Waals surface area contributed by atoms with Crippen molar-refractivity contribution in [2.24, 2.45) is 0 Å². The van der Waals surface area contributed by atoms with Gasteiger partial charge in [-0.25, -0.2) is 4.39 Å². The van der Waals surface area contributed by atoms with Crippen LogP contribution >= 0.6 is 23.2 Å². The van der Waals surface area contributed by atoms with E-state index in [1.165, 1.54) is 6.07 Å².